The zero-order valence-electron chi connectivity index (χ0n) is 51.9. The number of carbonyl (C=O) groups is 3. The van der Waals surface area contributed by atoms with Gasteiger partial charge in [-0.15, -0.1) is 0 Å². The standard InChI is InChI=1S/C72H128O6/c1-4-7-10-13-16-19-21-23-25-27-29-30-31-32-33-34-35-36-37-38-39-40-41-42-44-45-47-49-51-53-56-59-62-65-71(74)77-68-69(67-76-70(73)64-61-58-55-18-15-12-9-6-3)78-72(75)66-63-60-57-54-52-50-48-46-43-28-26-24-22-20-17-14-11-8-5-2/h8,11,17,20-21,23-24,26-27,29,43,46,69H,4-7,9-10,12-16,18-19,22,25,28,30-42,44-45,47-68H2,1-3H3/b11-8-,20-17-,23-21-,26-24-,29-27-,46-43-. The maximum absolute atomic E-state index is 12.9. The highest BCUT2D eigenvalue weighted by Crippen LogP contribution is 2.18. The molecule has 0 aliphatic heterocycles. The summed E-state index contributed by atoms with van der Waals surface area (Å²) in [5.74, 6) is -0.880. The molecule has 0 spiro atoms. The summed E-state index contributed by atoms with van der Waals surface area (Å²) in [6.07, 6.45) is 86.7. The van der Waals surface area contributed by atoms with Crippen LogP contribution in [-0.2, 0) is 28.6 Å². The Morgan fingerprint density at radius 1 is 0.269 bits per heavy atom. The van der Waals surface area contributed by atoms with Crippen LogP contribution < -0.4 is 0 Å². The van der Waals surface area contributed by atoms with Gasteiger partial charge in [-0.05, 0) is 89.9 Å². The Kier molecular flexibility index (Phi) is 63.7. The second kappa shape index (κ2) is 66.4. The van der Waals surface area contributed by atoms with Gasteiger partial charge in [0.25, 0.3) is 0 Å². The lowest BCUT2D eigenvalue weighted by Crippen LogP contribution is -2.30. The van der Waals surface area contributed by atoms with Crippen molar-refractivity contribution < 1.29 is 28.6 Å². The molecule has 0 heterocycles. The molecule has 0 fully saturated rings. The highest BCUT2D eigenvalue weighted by molar-refractivity contribution is 5.71. The summed E-state index contributed by atoms with van der Waals surface area (Å²) in [5, 5.41) is 0. The highest BCUT2D eigenvalue weighted by Gasteiger charge is 2.19. The van der Waals surface area contributed by atoms with Gasteiger partial charge in [0, 0.05) is 19.3 Å². The van der Waals surface area contributed by atoms with Crippen LogP contribution >= 0.6 is 0 Å². The zero-order valence-corrected chi connectivity index (χ0v) is 51.9. The van der Waals surface area contributed by atoms with Crippen molar-refractivity contribution in [3.63, 3.8) is 0 Å². The second-order valence-electron chi connectivity index (χ2n) is 22.7. The molecule has 0 rings (SSSR count). The van der Waals surface area contributed by atoms with E-state index in [2.05, 4.69) is 93.7 Å². The van der Waals surface area contributed by atoms with Gasteiger partial charge in [-0.3, -0.25) is 14.4 Å². The van der Waals surface area contributed by atoms with E-state index in [4.69, 9.17) is 14.2 Å². The SMILES string of the molecule is CC/C=C\C/C=C\C/C=C\C/C=C\CCCCCCCCC(=O)OC(COC(=O)CCCCCCCCCC)COC(=O)CCCCCCCCCCCCCCCCCCCCCCC/C=C\C/C=C\CCCCCCC. The summed E-state index contributed by atoms with van der Waals surface area (Å²) in [6.45, 7) is 6.51. The fourth-order valence-corrected chi connectivity index (χ4v) is 9.88. The molecule has 0 amide bonds. The third kappa shape index (κ3) is 63.7. The molecular formula is C72H128O6. The third-order valence-corrected chi connectivity index (χ3v) is 14.9. The fourth-order valence-electron chi connectivity index (χ4n) is 9.88. The van der Waals surface area contributed by atoms with Crippen molar-refractivity contribution in [1.29, 1.82) is 0 Å². The molecule has 0 aliphatic carbocycles. The molecule has 0 N–H and O–H groups in total. The Balaban J connectivity index is 4.04. The molecule has 0 aromatic heterocycles. The summed E-state index contributed by atoms with van der Waals surface area (Å²) in [5.41, 5.74) is 0. The lowest BCUT2D eigenvalue weighted by atomic mass is 10.0. The van der Waals surface area contributed by atoms with Crippen molar-refractivity contribution >= 4 is 17.9 Å². The average Bonchev–Trinajstić information content (AvgIpc) is 3.44. The fraction of sp³-hybridized carbons (Fsp3) is 0.792. The molecule has 0 aliphatic rings. The molecule has 0 aromatic carbocycles. The predicted octanol–water partition coefficient (Wildman–Crippen LogP) is 23.3. The van der Waals surface area contributed by atoms with Crippen LogP contribution in [0.2, 0.25) is 0 Å². The first-order chi connectivity index (χ1) is 38.5. The molecule has 452 valence electrons. The number of esters is 3. The number of hydrogen-bond donors (Lipinski definition) is 0. The number of rotatable bonds is 62. The van der Waals surface area contributed by atoms with Crippen molar-refractivity contribution in [2.24, 2.45) is 0 Å². The zero-order chi connectivity index (χ0) is 56.4. The molecule has 0 bridgehead atoms. The first-order valence-electron chi connectivity index (χ1n) is 33.9. The minimum absolute atomic E-state index is 0.0773. The number of allylic oxidation sites excluding steroid dienone is 12. The predicted molar refractivity (Wildman–Crippen MR) is 339 cm³/mol. The van der Waals surface area contributed by atoms with E-state index in [0.717, 1.165) is 103 Å². The quantitative estimate of drug-likeness (QED) is 0.0261. The molecule has 0 saturated heterocycles. The largest absolute Gasteiger partial charge is 0.462 e. The molecule has 0 saturated carbocycles. The first kappa shape index (κ1) is 74.8. The van der Waals surface area contributed by atoms with Gasteiger partial charge in [-0.25, -0.2) is 0 Å². The van der Waals surface area contributed by atoms with Crippen LogP contribution in [0.4, 0.5) is 0 Å². The topological polar surface area (TPSA) is 78.9 Å². The maximum atomic E-state index is 12.9. The molecule has 6 heteroatoms. The summed E-state index contributed by atoms with van der Waals surface area (Å²) in [4.78, 5) is 38.2. The van der Waals surface area contributed by atoms with Gasteiger partial charge in [-0.1, -0.05) is 312 Å². The Hall–Kier alpha value is -3.15. The van der Waals surface area contributed by atoms with Crippen molar-refractivity contribution in [3.05, 3.63) is 72.9 Å². The number of unbranched alkanes of at least 4 members (excludes halogenated alkanes) is 39. The van der Waals surface area contributed by atoms with Gasteiger partial charge in [-0.2, -0.15) is 0 Å². The van der Waals surface area contributed by atoms with E-state index >= 15 is 0 Å². The minimum atomic E-state index is -0.780. The lowest BCUT2D eigenvalue weighted by Gasteiger charge is -2.18. The average molecular weight is 1090 g/mol. The molecule has 0 aromatic rings. The Morgan fingerprint density at radius 3 is 0.782 bits per heavy atom. The van der Waals surface area contributed by atoms with E-state index < -0.39 is 6.10 Å². The minimum Gasteiger partial charge on any atom is -0.462 e. The van der Waals surface area contributed by atoms with E-state index in [1.165, 1.54) is 205 Å². The van der Waals surface area contributed by atoms with Crippen LogP contribution in [0.3, 0.4) is 0 Å². The van der Waals surface area contributed by atoms with Gasteiger partial charge < -0.3 is 14.2 Å². The third-order valence-electron chi connectivity index (χ3n) is 14.9. The highest BCUT2D eigenvalue weighted by atomic mass is 16.6. The summed E-state index contributed by atoms with van der Waals surface area (Å²) >= 11 is 0. The Labute approximate surface area is 484 Å². The van der Waals surface area contributed by atoms with Gasteiger partial charge >= 0.3 is 17.9 Å². The van der Waals surface area contributed by atoms with Crippen LogP contribution in [0.25, 0.3) is 0 Å². The Morgan fingerprint density at radius 2 is 0.500 bits per heavy atom. The van der Waals surface area contributed by atoms with Crippen molar-refractivity contribution in [3.8, 4) is 0 Å². The smallest absolute Gasteiger partial charge is 0.306 e. The normalized spacial score (nSPS) is 12.5. The van der Waals surface area contributed by atoms with Crippen LogP contribution in [0.1, 0.15) is 348 Å². The summed E-state index contributed by atoms with van der Waals surface area (Å²) < 4.78 is 16.9. The number of hydrogen-bond acceptors (Lipinski definition) is 6. The Bertz CT molecular complexity index is 1440. The molecule has 6 nitrogen and oxygen atoms in total. The van der Waals surface area contributed by atoms with Crippen molar-refractivity contribution in [2.45, 2.75) is 354 Å². The van der Waals surface area contributed by atoms with E-state index in [-0.39, 0.29) is 31.1 Å². The van der Waals surface area contributed by atoms with Crippen molar-refractivity contribution in [1.82, 2.24) is 0 Å². The summed E-state index contributed by atoms with van der Waals surface area (Å²) in [6, 6.07) is 0. The lowest BCUT2D eigenvalue weighted by molar-refractivity contribution is -0.167. The van der Waals surface area contributed by atoms with Gasteiger partial charge in [0.2, 0.25) is 0 Å². The van der Waals surface area contributed by atoms with Crippen LogP contribution in [0, 0.1) is 0 Å². The van der Waals surface area contributed by atoms with E-state index in [1.54, 1.807) is 0 Å². The maximum Gasteiger partial charge on any atom is 0.306 e. The van der Waals surface area contributed by atoms with Crippen LogP contribution in [0.5, 0.6) is 0 Å². The molecule has 1 unspecified atom stereocenters. The number of ether oxygens (including phenoxy) is 3. The van der Waals surface area contributed by atoms with E-state index in [9.17, 15) is 14.4 Å². The monoisotopic (exact) mass is 1090 g/mol. The molecule has 78 heavy (non-hydrogen) atoms. The van der Waals surface area contributed by atoms with Gasteiger partial charge in [0.05, 0.1) is 0 Å². The summed E-state index contributed by atoms with van der Waals surface area (Å²) in [7, 11) is 0. The second-order valence-corrected chi connectivity index (χ2v) is 22.7. The molecule has 0 radical (unpaired) electrons. The number of carbonyl (C=O) groups excluding carboxylic acids is 3. The van der Waals surface area contributed by atoms with Gasteiger partial charge in [0.15, 0.2) is 6.10 Å². The van der Waals surface area contributed by atoms with Gasteiger partial charge in [0.1, 0.15) is 13.2 Å². The van der Waals surface area contributed by atoms with E-state index in [0.29, 0.717) is 19.3 Å². The first-order valence-corrected chi connectivity index (χ1v) is 33.9. The molecule has 1 atom stereocenters. The van der Waals surface area contributed by atoms with Crippen molar-refractivity contribution in [2.75, 3.05) is 13.2 Å². The molecular weight excluding hydrogens is 961 g/mol. The van der Waals surface area contributed by atoms with E-state index in [1.807, 2.05) is 0 Å². The van der Waals surface area contributed by atoms with Crippen LogP contribution in [0.15, 0.2) is 72.9 Å². The van der Waals surface area contributed by atoms with Crippen LogP contribution in [-0.4, -0.2) is 37.2 Å².